The average Bonchev–Trinajstić information content (AvgIpc) is 2.85. The second kappa shape index (κ2) is 6.29. The molecule has 1 aromatic heterocycles. The van der Waals surface area contributed by atoms with Crippen LogP contribution >= 0.6 is 11.6 Å². The van der Waals surface area contributed by atoms with Crippen molar-refractivity contribution in [1.82, 2.24) is 4.98 Å². The maximum absolute atomic E-state index is 6.36. The Kier molecular flexibility index (Phi) is 4.13. The molecule has 4 rings (SSSR count). The van der Waals surface area contributed by atoms with E-state index in [0.29, 0.717) is 18.0 Å². The Morgan fingerprint density at radius 2 is 1.71 bits per heavy atom. The average molecular weight is 342 g/mol. The van der Waals surface area contributed by atoms with Crippen molar-refractivity contribution in [3.8, 4) is 0 Å². The predicted octanol–water partition coefficient (Wildman–Crippen LogP) is 4.72. The molecule has 2 bridgehead atoms. The molecule has 0 radical (unpaired) electrons. The molecular weight excluding hydrogens is 318 g/mol. The first kappa shape index (κ1) is 15.8. The molecule has 24 heavy (non-hydrogen) atoms. The number of halogens is 1. The molecular formula is C20H24ClN3. The van der Waals surface area contributed by atoms with Crippen molar-refractivity contribution in [3.05, 3.63) is 53.2 Å². The van der Waals surface area contributed by atoms with E-state index in [4.69, 9.17) is 11.6 Å². The first-order valence-electron chi connectivity index (χ1n) is 8.87. The number of nitrogens with zero attached hydrogens (tertiary/aromatic N) is 3. The maximum atomic E-state index is 6.36. The lowest BCUT2D eigenvalue weighted by atomic mass is 10.0. The van der Waals surface area contributed by atoms with Gasteiger partial charge in [0.15, 0.2) is 0 Å². The zero-order valence-corrected chi connectivity index (χ0v) is 15.1. The standard InChI is InChI=1S/C20H24ClN3/c1-14(2)15-5-7-16(8-6-15)24-17-9-10-18(24)13-23(12-17)20-19(21)4-3-11-22-20/h3-8,11,14,17-18H,9-10,12-13H2,1-2H3. The van der Waals surface area contributed by atoms with Gasteiger partial charge in [-0.3, -0.25) is 0 Å². The fourth-order valence-electron chi connectivity index (χ4n) is 4.14. The predicted molar refractivity (Wildman–Crippen MR) is 101 cm³/mol. The zero-order valence-electron chi connectivity index (χ0n) is 14.3. The number of benzene rings is 1. The Morgan fingerprint density at radius 1 is 1.04 bits per heavy atom. The highest BCUT2D eigenvalue weighted by atomic mass is 35.5. The van der Waals surface area contributed by atoms with Crippen molar-refractivity contribution >= 4 is 23.1 Å². The van der Waals surface area contributed by atoms with Crippen LogP contribution < -0.4 is 9.80 Å². The number of piperazine rings is 1. The van der Waals surface area contributed by atoms with Gasteiger partial charge in [-0.15, -0.1) is 0 Å². The summed E-state index contributed by atoms with van der Waals surface area (Å²) in [6.07, 6.45) is 4.33. The van der Waals surface area contributed by atoms with Gasteiger partial charge in [0, 0.05) is 37.1 Å². The molecule has 2 fully saturated rings. The minimum absolute atomic E-state index is 0.548. The van der Waals surface area contributed by atoms with Crippen LogP contribution in [0.15, 0.2) is 42.6 Å². The summed E-state index contributed by atoms with van der Waals surface area (Å²) in [4.78, 5) is 9.49. The lowest BCUT2D eigenvalue weighted by molar-refractivity contribution is 0.531. The molecule has 2 unspecified atom stereocenters. The summed E-state index contributed by atoms with van der Waals surface area (Å²) in [7, 11) is 0. The Balaban J connectivity index is 1.56. The minimum atomic E-state index is 0.548. The van der Waals surface area contributed by atoms with Gasteiger partial charge in [0.05, 0.1) is 5.02 Å². The molecule has 0 N–H and O–H groups in total. The summed E-state index contributed by atoms with van der Waals surface area (Å²) >= 11 is 6.36. The van der Waals surface area contributed by atoms with E-state index in [9.17, 15) is 0 Å². The lowest BCUT2D eigenvalue weighted by Gasteiger charge is -2.43. The Morgan fingerprint density at radius 3 is 2.29 bits per heavy atom. The highest BCUT2D eigenvalue weighted by Crippen LogP contribution is 2.37. The number of hydrogen-bond acceptors (Lipinski definition) is 3. The molecule has 0 spiro atoms. The third kappa shape index (κ3) is 2.75. The van der Waals surface area contributed by atoms with Gasteiger partial charge in [-0.1, -0.05) is 37.6 Å². The van der Waals surface area contributed by atoms with E-state index in [-0.39, 0.29) is 0 Å². The van der Waals surface area contributed by atoms with Crippen molar-refractivity contribution in [2.45, 2.75) is 44.7 Å². The topological polar surface area (TPSA) is 19.4 Å². The van der Waals surface area contributed by atoms with Crippen molar-refractivity contribution < 1.29 is 0 Å². The minimum Gasteiger partial charge on any atom is -0.362 e. The molecule has 2 aliphatic heterocycles. The highest BCUT2D eigenvalue weighted by molar-refractivity contribution is 6.32. The molecule has 2 saturated heterocycles. The molecule has 126 valence electrons. The third-order valence-electron chi connectivity index (χ3n) is 5.38. The number of aromatic nitrogens is 1. The van der Waals surface area contributed by atoms with Gasteiger partial charge in [0.1, 0.15) is 5.82 Å². The molecule has 1 aromatic carbocycles. The van der Waals surface area contributed by atoms with E-state index in [1.807, 2.05) is 18.3 Å². The maximum Gasteiger partial charge on any atom is 0.147 e. The van der Waals surface area contributed by atoms with Crippen molar-refractivity contribution in [1.29, 1.82) is 0 Å². The molecule has 2 aliphatic rings. The number of fused-ring (bicyclic) bond motifs is 2. The van der Waals surface area contributed by atoms with Crippen LogP contribution in [0.2, 0.25) is 5.02 Å². The van der Waals surface area contributed by atoms with Crippen molar-refractivity contribution in [2.75, 3.05) is 22.9 Å². The summed E-state index contributed by atoms with van der Waals surface area (Å²) in [5, 5.41) is 0.756. The fraction of sp³-hybridized carbons (Fsp3) is 0.450. The lowest BCUT2D eigenvalue weighted by Crippen LogP contribution is -2.54. The Labute approximate surface area is 149 Å². The summed E-state index contributed by atoms with van der Waals surface area (Å²) in [5.74, 6) is 1.52. The second-order valence-corrected chi connectivity index (χ2v) is 7.66. The zero-order chi connectivity index (χ0) is 16.7. The van der Waals surface area contributed by atoms with Crippen LogP contribution in [-0.2, 0) is 0 Å². The smallest absolute Gasteiger partial charge is 0.147 e. The first-order chi connectivity index (χ1) is 11.6. The van der Waals surface area contributed by atoms with Gasteiger partial charge < -0.3 is 9.80 Å². The van der Waals surface area contributed by atoms with Gasteiger partial charge in [0.2, 0.25) is 0 Å². The molecule has 0 saturated carbocycles. The van der Waals surface area contributed by atoms with Crippen LogP contribution in [0.4, 0.5) is 11.5 Å². The van der Waals surface area contributed by atoms with Crippen LogP contribution in [0.5, 0.6) is 0 Å². The largest absolute Gasteiger partial charge is 0.362 e. The summed E-state index contributed by atoms with van der Waals surface area (Å²) in [6, 6.07) is 14.1. The molecule has 4 heteroatoms. The van der Waals surface area contributed by atoms with Gasteiger partial charge in [-0.25, -0.2) is 4.98 Å². The van der Waals surface area contributed by atoms with E-state index >= 15 is 0 Å². The molecule has 3 heterocycles. The van der Waals surface area contributed by atoms with Gasteiger partial charge >= 0.3 is 0 Å². The summed E-state index contributed by atoms with van der Waals surface area (Å²) in [6.45, 7) is 6.49. The van der Waals surface area contributed by atoms with Crippen molar-refractivity contribution in [2.24, 2.45) is 0 Å². The molecule has 0 aliphatic carbocycles. The van der Waals surface area contributed by atoms with E-state index < -0.39 is 0 Å². The quantitative estimate of drug-likeness (QED) is 0.805. The second-order valence-electron chi connectivity index (χ2n) is 7.25. The number of hydrogen-bond donors (Lipinski definition) is 0. The molecule has 2 atom stereocenters. The Bertz CT molecular complexity index is 699. The fourth-order valence-corrected chi connectivity index (χ4v) is 4.38. The van der Waals surface area contributed by atoms with Crippen molar-refractivity contribution in [3.63, 3.8) is 0 Å². The van der Waals surface area contributed by atoms with Crippen LogP contribution in [0.3, 0.4) is 0 Å². The van der Waals surface area contributed by atoms with Gasteiger partial charge in [-0.05, 0) is 48.6 Å². The number of pyridine rings is 1. The van der Waals surface area contributed by atoms with E-state index in [1.165, 1.54) is 24.1 Å². The van der Waals surface area contributed by atoms with E-state index in [1.54, 1.807) is 0 Å². The van der Waals surface area contributed by atoms with E-state index in [0.717, 1.165) is 23.9 Å². The molecule has 0 amide bonds. The summed E-state index contributed by atoms with van der Waals surface area (Å²) in [5.41, 5.74) is 2.77. The monoisotopic (exact) mass is 341 g/mol. The normalized spacial score (nSPS) is 23.2. The SMILES string of the molecule is CC(C)c1ccc(N2C3CCC2CN(c2ncccc2Cl)C3)cc1. The molecule has 3 nitrogen and oxygen atoms in total. The first-order valence-corrected chi connectivity index (χ1v) is 9.25. The van der Waals surface area contributed by atoms with E-state index in [2.05, 4.69) is 52.9 Å². The highest BCUT2D eigenvalue weighted by Gasteiger charge is 2.40. The number of rotatable bonds is 3. The van der Waals surface area contributed by atoms with Crippen LogP contribution in [0.1, 0.15) is 38.2 Å². The molecule has 2 aromatic rings. The number of anilines is 2. The van der Waals surface area contributed by atoms with Gasteiger partial charge in [0.25, 0.3) is 0 Å². The summed E-state index contributed by atoms with van der Waals surface area (Å²) < 4.78 is 0. The van der Waals surface area contributed by atoms with Crippen LogP contribution in [-0.4, -0.2) is 30.2 Å². The third-order valence-corrected chi connectivity index (χ3v) is 5.67. The Hall–Kier alpha value is -1.74. The van der Waals surface area contributed by atoms with Crippen LogP contribution in [0, 0.1) is 0 Å². The van der Waals surface area contributed by atoms with Gasteiger partial charge in [-0.2, -0.15) is 0 Å². The van der Waals surface area contributed by atoms with Crippen LogP contribution in [0.25, 0.3) is 0 Å².